The molecule has 8 N–H and O–H groups in total. The topological polar surface area (TPSA) is 398 Å². The summed E-state index contributed by atoms with van der Waals surface area (Å²) in [4.78, 5) is 146. The van der Waals surface area contributed by atoms with Crippen molar-refractivity contribution in [3.63, 3.8) is 0 Å². The lowest BCUT2D eigenvalue weighted by Crippen LogP contribution is -2.47. The first-order valence-corrected chi connectivity index (χ1v) is 25.4. The molecule has 6 aromatic rings. The van der Waals surface area contributed by atoms with Gasteiger partial charge in [0, 0.05) is 69.5 Å². The smallest absolute Gasteiger partial charge is 0.309 e. The van der Waals surface area contributed by atoms with E-state index in [-0.39, 0.29) is 114 Å². The van der Waals surface area contributed by atoms with E-state index in [4.69, 9.17) is 34.5 Å². The number of benzene rings is 2. The summed E-state index contributed by atoms with van der Waals surface area (Å²) in [6.07, 6.45) is 4.91. The van der Waals surface area contributed by atoms with Gasteiger partial charge in [0.05, 0.1) is 54.7 Å². The normalized spacial score (nSPS) is 13.0. The highest BCUT2D eigenvalue weighted by atomic mass is 16.5. The number of ketones is 1. The number of anilines is 2. The van der Waals surface area contributed by atoms with Crippen LogP contribution in [0.5, 0.6) is 11.5 Å². The van der Waals surface area contributed by atoms with Gasteiger partial charge in [0.15, 0.2) is 17.6 Å². The van der Waals surface area contributed by atoms with Crippen LogP contribution in [0.1, 0.15) is 111 Å². The zero-order chi connectivity index (χ0) is 58.8. The molecule has 0 spiro atoms. The number of primary amides is 2. The number of fused-ring (bicyclic) bond motifs is 2. The molecule has 2 aromatic carbocycles. The molecule has 28 nitrogen and oxygen atoms in total. The summed E-state index contributed by atoms with van der Waals surface area (Å²) >= 11 is 0. The monoisotopic (exact) mass is 1120 g/mol. The van der Waals surface area contributed by atoms with Crippen molar-refractivity contribution in [2.45, 2.75) is 92.3 Å². The highest BCUT2D eigenvalue weighted by Gasteiger charge is 2.31. The second-order valence-corrected chi connectivity index (χ2v) is 18.4. The van der Waals surface area contributed by atoms with E-state index in [9.17, 15) is 53.1 Å². The van der Waals surface area contributed by atoms with Gasteiger partial charge in [0.1, 0.15) is 29.1 Å². The lowest BCUT2D eigenvalue weighted by molar-refractivity contribution is -0.150. The number of oxazole rings is 2. The molecule has 81 heavy (non-hydrogen) atoms. The first kappa shape index (κ1) is 58.7. The van der Waals surface area contributed by atoms with Crippen molar-refractivity contribution < 1.29 is 76.1 Å². The Balaban J connectivity index is 1.12. The van der Waals surface area contributed by atoms with Crippen LogP contribution in [0.4, 0.5) is 11.9 Å². The number of aryl methyl sites for hydroxylation is 4. The molecule has 28 heteroatoms. The van der Waals surface area contributed by atoms with Crippen LogP contribution in [-0.2, 0) is 59.4 Å². The van der Waals surface area contributed by atoms with Crippen LogP contribution in [0.2, 0.25) is 0 Å². The number of methoxy groups -OCH3 is 1. The minimum absolute atomic E-state index is 0.00551. The van der Waals surface area contributed by atoms with Gasteiger partial charge in [-0.3, -0.25) is 63.5 Å². The second-order valence-electron chi connectivity index (χ2n) is 18.4. The molecule has 0 bridgehead atoms. The Kier molecular flexibility index (Phi) is 18.6. The summed E-state index contributed by atoms with van der Waals surface area (Å²) in [5.74, 6) is -8.26. The number of allylic oxidation sites excluding steroid dienone is 2. The SMILES string of the molecule is CCc1nc(C)oc1C(=O)Nc1nc2cc(C(N)=O)cc(OC)c2n1C/C=C/Cn1c(NC(=O)c2oc(C)nc2CC)nc2cc(C(N)=O)cc(OCCCOC(=O)[C@H](C)CC(=O)[C@@H](CCC(=O)O)NC(=O)CN3C(=O)C=CC3=O)c21. The number of imide groups is 1. The second kappa shape index (κ2) is 25.6. The molecular weight excluding hydrogens is 1060 g/mol. The van der Waals surface area contributed by atoms with E-state index in [0.717, 1.165) is 12.2 Å². The highest BCUT2D eigenvalue weighted by Crippen LogP contribution is 2.34. The van der Waals surface area contributed by atoms with Crippen molar-refractivity contribution in [2.75, 3.05) is 37.5 Å². The number of imidazole rings is 2. The van der Waals surface area contributed by atoms with Gasteiger partial charge in [0.2, 0.25) is 41.1 Å². The summed E-state index contributed by atoms with van der Waals surface area (Å²) in [6.45, 7) is 7.15. The number of carboxylic acids is 1. The van der Waals surface area contributed by atoms with E-state index < -0.39 is 90.4 Å². The summed E-state index contributed by atoms with van der Waals surface area (Å²) in [6, 6.07) is 4.32. The van der Waals surface area contributed by atoms with Crippen LogP contribution in [0, 0.1) is 19.8 Å². The largest absolute Gasteiger partial charge is 0.494 e. The number of aromatic nitrogens is 6. The quantitative estimate of drug-likeness (QED) is 0.0178. The van der Waals surface area contributed by atoms with Crippen molar-refractivity contribution in [2.24, 2.45) is 17.4 Å². The number of carbonyl (C=O) groups excluding carboxylic acids is 9. The minimum atomic E-state index is -1.36. The van der Waals surface area contributed by atoms with Crippen LogP contribution in [0.25, 0.3) is 22.1 Å². The number of rotatable bonds is 28. The van der Waals surface area contributed by atoms with Crippen molar-refractivity contribution in [3.05, 3.63) is 94.4 Å². The lowest BCUT2D eigenvalue weighted by Gasteiger charge is -2.20. The number of hydrogen-bond acceptors (Lipinski definition) is 19. The Hall–Kier alpha value is -10.0. The van der Waals surface area contributed by atoms with Crippen molar-refractivity contribution in [1.29, 1.82) is 0 Å². The maximum atomic E-state index is 13.9. The zero-order valence-electron chi connectivity index (χ0n) is 44.9. The molecule has 0 saturated carbocycles. The predicted octanol–water partition coefficient (Wildman–Crippen LogP) is 3.25. The Bertz CT molecular complexity index is 3550. The Morgan fingerprint density at radius 3 is 1.73 bits per heavy atom. The third-order valence-corrected chi connectivity index (χ3v) is 12.6. The van der Waals surface area contributed by atoms with E-state index in [1.54, 1.807) is 42.1 Å². The highest BCUT2D eigenvalue weighted by molar-refractivity contribution is 6.14. The number of nitrogens with one attached hydrogen (secondary N) is 3. The fourth-order valence-corrected chi connectivity index (χ4v) is 8.64. The number of nitrogens with two attached hydrogens (primary N) is 2. The number of carbonyl (C=O) groups is 10. The van der Waals surface area contributed by atoms with E-state index in [0.29, 0.717) is 34.6 Å². The molecule has 0 unspecified atom stereocenters. The third-order valence-electron chi connectivity index (χ3n) is 12.6. The summed E-state index contributed by atoms with van der Waals surface area (Å²) in [7, 11) is 1.39. The molecule has 2 atom stereocenters. The number of esters is 1. The van der Waals surface area contributed by atoms with Gasteiger partial charge in [-0.05, 0) is 43.5 Å². The standard InChI is InChI=1S/C53H58N12O16/c1-7-31-45(80-27(4)56-31)49(74)61-52-59-34-21-29(47(54)72)23-37(77-6)43(34)63(52)16-9-10-17-64-44-35(60-53(64)62-50(75)46-32(8-2)57-28(5)81-46)22-30(48(55)73)24-38(44)78-18-11-19-79-51(76)26(3)20-36(66)33(12-15-42(70)71)58-39(67)25-65-40(68)13-14-41(65)69/h9-10,13-14,21-24,26,33H,7-8,11-12,15-20,25H2,1-6H3,(H2,54,72)(H2,55,73)(H,58,67)(H,70,71)(H,59,61,74)(H,60,62,75)/b10-9+/t26-,33-/m1/s1. The van der Waals surface area contributed by atoms with Crippen LogP contribution in [-0.4, -0.2) is 131 Å². The van der Waals surface area contributed by atoms with E-state index >= 15 is 0 Å². The molecule has 1 aliphatic heterocycles. The van der Waals surface area contributed by atoms with Gasteiger partial charge >= 0.3 is 11.9 Å². The van der Waals surface area contributed by atoms with Gasteiger partial charge < -0.3 is 54.1 Å². The fourth-order valence-electron chi connectivity index (χ4n) is 8.64. The number of carboxylic acid groups (broad SMARTS) is 1. The Morgan fingerprint density at radius 1 is 0.741 bits per heavy atom. The third kappa shape index (κ3) is 13.8. The molecule has 5 heterocycles. The molecule has 1 aliphatic rings. The molecule has 7 amide bonds. The van der Waals surface area contributed by atoms with Gasteiger partial charge in [-0.1, -0.05) is 32.9 Å². The summed E-state index contributed by atoms with van der Waals surface area (Å²) in [5, 5.41) is 17.2. The van der Waals surface area contributed by atoms with Crippen molar-refractivity contribution in [3.8, 4) is 11.5 Å². The molecule has 4 aromatic heterocycles. The summed E-state index contributed by atoms with van der Waals surface area (Å²) < 4.78 is 31.8. The molecular formula is C53H58N12O16. The number of amides is 7. The summed E-state index contributed by atoms with van der Waals surface area (Å²) in [5.41, 5.74) is 13.4. The van der Waals surface area contributed by atoms with E-state index in [1.165, 1.54) is 38.3 Å². The maximum absolute atomic E-state index is 13.9. The van der Waals surface area contributed by atoms with Gasteiger partial charge in [-0.25, -0.2) is 19.9 Å². The molecule has 0 radical (unpaired) electrons. The van der Waals surface area contributed by atoms with Gasteiger partial charge in [-0.15, -0.1) is 0 Å². The molecule has 0 saturated heterocycles. The molecule has 7 rings (SSSR count). The maximum Gasteiger partial charge on any atom is 0.309 e. The number of aliphatic carboxylic acids is 1. The van der Waals surface area contributed by atoms with Crippen LogP contribution in [0.15, 0.2) is 57.4 Å². The number of ether oxygens (including phenoxy) is 3. The number of Topliss-reactive ketones (excluding diaryl/α,β-unsaturated/α-hetero) is 1. The first-order chi connectivity index (χ1) is 38.6. The first-order valence-electron chi connectivity index (χ1n) is 25.4. The average Bonchev–Trinajstić information content (AvgIpc) is 4.36. The molecule has 0 aliphatic carbocycles. The lowest BCUT2D eigenvalue weighted by atomic mass is 9.97. The van der Waals surface area contributed by atoms with Crippen LogP contribution < -0.4 is 36.9 Å². The van der Waals surface area contributed by atoms with Gasteiger partial charge in [0.25, 0.3) is 23.6 Å². The predicted molar refractivity (Wildman–Crippen MR) is 284 cm³/mol. The fraction of sp³-hybridized carbons (Fsp3) is 0.358. The van der Waals surface area contributed by atoms with E-state index in [2.05, 4.69) is 35.9 Å². The molecule has 426 valence electrons. The van der Waals surface area contributed by atoms with E-state index in [1.807, 2.05) is 6.92 Å². The average molecular weight is 1120 g/mol. The number of nitrogens with zero attached hydrogens (tertiary/aromatic N) is 7. The van der Waals surface area contributed by atoms with Crippen LogP contribution >= 0.6 is 0 Å². The Labute approximate surface area is 460 Å². The molecule has 0 fully saturated rings. The van der Waals surface area contributed by atoms with Gasteiger partial charge in [-0.2, -0.15) is 0 Å². The van der Waals surface area contributed by atoms with Crippen molar-refractivity contribution >= 4 is 93.0 Å². The van der Waals surface area contributed by atoms with Crippen molar-refractivity contribution in [1.82, 2.24) is 39.3 Å². The minimum Gasteiger partial charge on any atom is -0.494 e. The van der Waals surface area contributed by atoms with Crippen LogP contribution in [0.3, 0.4) is 0 Å². The number of hydrogen-bond donors (Lipinski definition) is 6. The Morgan fingerprint density at radius 2 is 1.25 bits per heavy atom. The zero-order valence-corrected chi connectivity index (χ0v) is 44.9.